The first-order valence-electron chi connectivity index (χ1n) is 5.76. The first kappa shape index (κ1) is 10.8. The summed E-state index contributed by atoms with van der Waals surface area (Å²) >= 11 is 3.47. The molecule has 1 aromatic heterocycles. The molecular weight excluding hydrogens is 280 g/mol. The van der Waals surface area contributed by atoms with Crippen molar-refractivity contribution in [1.29, 1.82) is 0 Å². The fourth-order valence-electron chi connectivity index (χ4n) is 2.21. The summed E-state index contributed by atoms with van der Waals surface area (Å²) < 4.78 is 6.20. The second-order valence-electron chi connectivity index (χ2n) is 4.45. The molecule has 0 spiro atoms. The van der Waals surface area contributed by atoms with Gasteiger partial charge in [0.15, 0.2) is 0 Å². The van der Waals surface area contributed by atoms with E-state index in [1.54, 1.807) is 0 Å². The van der Waals surface area contributed by atoms with Crippen molar-refractivity contribution in [1.82, 2.24) is 5.16 Å². The van der Waals surface area contributed by atoms with E-state index < -0.39 is 0 Å². The molecular formula is C13H13BrN2O. The van der Waals surface area contributed by atoms with Crippen molar-refractivity contribution in [3.63, 3.8) is 0 Å². The third-order valence-corrected chi connectivity index (χ3v) is 3.84. The summed E-state index contributed by atoms with van der Waals surface area (Å²) in [4.78, 5) is 0. The van der Waals surface area contributed by atoms with E-state index in [2.05, 4.69) is 21.1 Å². The SMILES string of the molecule is Nc1onc(C2CCC2)c1-c1cccc(Br)c1. The molecule has 0 amide bonds. The molecule has 1 aliphatic rings. The largest absolute Gasteiger partial charge is 0.367 e. The lowest BCUT2D eigenvalue weighted by Crippen LogP contribution is -2.10. The van der Waals surface area contributed by atoms with Gasteiger partial charge in [0, 0.05) is 10.4 Å². The van der Waals surface area contributed by atoms with Crippen LogP contribution in [0.4, 0.5) is 5.88 Å². The van der Waals surface area contributed by atoms with Gasteiger partial charge in [0.25, 0.3) is 0 Å². The molecule has 0 aliphatic heterocycles. The Balaban J connectivity index is 2.09. The van der Waals surface area contributed by atoms with Crippen LogP contribution in [0.25, 0.3) is 11.1 Å². The second kappa shape index (κ2) is 4.18. The summed E-state index contributed by atoms with van der Waals surface area (Å²) in [5.74, 6) is 0.940. The van der Waals surface area contributed by atoms with Crippen molar-refractivity contribution in [2.45, 2.75) is 25.2 Å². The first-order valence-corrected chi connectivity index (χ1v) is 6.56. The van der Waals surface area contributed by atoms with Crippen molar-refractivity contribution >= 4 is 21.8 Å². The van der Waals surface area contributed by atoms with Crippen LogP contribution in [0.5, 0.6) is 0 Å². The van der Waals surface area contributed by atoms with Crippen LogP contribution >= 0.6 is 15.9 Å². The fraction of sp³-hybridized carbons (Fsp3) is 0.308. The van der Waals surface area contributed by atoms with E-state index in [-0.39, 0.29) is 0 Å². The fourth-order valence-corrected chi connectivity index (χ4v) is 2.61. The molecule has 1 aliphatic carbocycles. The van der Waals surface area contributed by atoms with Gasteiger partial charge < -0.3 is 10.3 Å². The van der Waals surface area contributed by atoms with Gasteiger partial charge in [-0.05, 0) is 30.5 Å². The topological polar surface area (TPSA) is 52.0 Å². The molecule has 1 saturated carbocycles. The number of halogens is 1. The summed E-state index contributed by atoms with van der Waals surface area (Å²) in [7, 11) is 0. The molecule has 0 atom stereocenters. The smallest absolute Gasteiger partial charge is 0.230 e. The molecule has 0 saturated heterocycles. The first-order chi connectivity index (χ1) is 8.25. The standard InChI is InChI=1S/C13H13BrN2O/c14-10-6-2-5-9(7-10)11-12(8-3-1-4-8)16-17-13(11)15/h2,5-8H,1,3-4,15H2. The summed E-state index contributed by atoms with van der Waals surface area (Å²) in [6.07, 6.45) is 3.65. The van der Waals surface area contributed by atoms with E-state index in [4.69, 9.17) is 10.3 Å². The number of nitrogens with zero attached hydrogens (tertiary/aromatic N) is 1. The number of anilines is 1. The van der Waals surface area contributed by atoms with E-state index in [1.165, 1.54) is 19.3 Å². The van der Waals surface area contributed by atoms with Gasteiger partial charge in [-0.15, -0.1) is 0 Å². The number of aromatic nitrogens is 1. The van der Waals surface area contributed by atoms with E-state index in [9.17, 15) is 0 Å². The highest BCUT2D eigenvalue weighted by molar-refractivity contribution is 9.10. The molecule has 17 heavy (non-hydrogen) atoms. The van der Waals surface area contributed by atoms with E-state index in [0.29, 0.717) is 11.8 Å². The molecule has 0 bridgehead atoms. The van der Waals surface area contributed by atoms with Crippen molar-refractivity contribution < 1.29 is 4.52 Å². The highest BCUT2D eigenvalue weighted by Crippen LogP contribution is 2.43. The summed E-state index contributed by atoms with van der Waals surface area (Å²) in [5.41, 5.74) is 8.95. The molecule has 0 radical (unpaired) electrons. The Morgan fingerprint density at radius 3 is 2.82 bits per heavy atom. The summed E-state index contributed by atoms with van der Waals surface area (Å²) in [5, 5.41) is 4.13. The molecule has 2 N–H and O–H groups in total. The minimum absolute atomic E-state index is 0.421. The van der Waals surface area contributed by atoms with E-state index >= 15 is 0 Å². The average Bonchev–Trinajstić information content (AvgIpc) is 2.58. The molecule has 0 unspecified atom stereocenters. The number of nitrogen functional groups attached to an aromatic ring is 1. The molecule has 1 fully saturated rings. The van der Waals surface area contributed by atoms with Crippen LogP contribution in [0.3, 0.4) is 0 Å². The monoisotopic (exact) mass is 292 g/mol. The van der Waals surface area contributed by atoms with Crippen LogP contribution in [-0.2, 0) is 0 Å². The zero-order valence-corrected chi connectivity index (χ0v) is 10.9. The summed E-state index contributed by atoms with van der Waals surface area (Å²) in [6, 6.07) is 8.08. The number of hydrogen-bond acceptors (Lipinski definition) is 3. The van der Waals surface area contributed by atoms with Crippen molar-refractivity contribution in [2.75, 3.05) is 5.73 Å². The predicted octanol–water partition coefficient (Wildman–Crippen LogP) is 3.95. The van der Waals surface area contributed by atoms with Gasteiger partial charge in [-0.1, -0.05) is 39.6 Å². The van der Waals surface area contributed by atoms with Crippen LogP contribution in [-0.4, -0.2) is 5.16 Å². The van der Waals surface area contributed by atoms with Crippen molar-refractivity contribution in [2.24, 2.45) is 0 Å². The molecule has 1 heterocycles. The van der Waals surface area contributed by atoms with Crippen LogP contribution in [0.1, 0.15) is 30.9 Å². The maximum absolute atomic E-state index is 5.90. The third-order valence-electron chi connectivity index (χ3n) is 3.35. The maximum Gasteiger partial charge on any atom is 0.230 e. The minimum Gasteiger partial charge on any atom is -0.367 e. The number of benzene rings is 1. The lowest BCUT2D eigenvalue weighted by Gasteiger charge is -2.23. The van der Waals surface area contributed by atoms with Gasteiger partial charge >= 0.3 is 0 Å². The zero-order valence-electron chi connectivity index (χ0n) is 9.32. The van der Waals surface area contributed by atoms with Crippen LogP contribution in [0.2, 0.25) is 0 Å². The molecule has 88 valence electrons. The van der Waals surface area contributed by atoms with Crippen LogP contribution in [0, 0.1) is 0 Å². The molecule has 4 heteroatoms. The van der Waals surface area contributed by atoms with Crippen molar-refractivity contribution in [3.05, 3.63) is 34.4 Å². The third kappa shape index (κ3) is 1.86. The quantitative estimate of drug-likeness (QED) is 0.912. The van der Waals surface area contributed by atoms with Gasteiger partial charge in [-0.25, -0.2) is 0 Å². The lowest BCUT2D eigenvalue weighted by molar-refractivity contribution is 0.369. The Morgan fingerprint density at radius 2 is 2.18 bits per heavy atom. The van der Waals surface area contributed by atoms with Crippen LogP contribution in [0.15, 0.2) is 33.3 Å². The van der Waals surface area contributed by atoms with Gasteiger partial charge in [-0.3, -0.25) is 0 Å². The summed E-state index contributed by atoms with van der Waals surface area (Å²) in [6.45, 7) is 0. The zero-order chi connectivity index (χ0) is 11.8. The Bertz CT molecular complexity index is 546. The number of hydrogen-bond donors (Lipinski definition) is 1. The van der Waals surface area contributed by atoms with Crippen molar-refractivity contribution in [3.8, 4) is 11.1 Å². The Labute approximate surface area is 108 Å². The van der Waals surface area contributed by atoms with E-state index in [1.807, 2.05) is 24.3 Å². The van der Waals surface area contributed by atoms with E-state index in [0.717, 1.165) is 21.3 Å². The Kier molecular flexibility index (Phi) is 2.67. The molecule has 3 rings (SSSR count). The number of nitrogens with two attached hydrogens (primary N) is 1. The highest BCUT2D eigenvalue weighted by atomic mass is 79.9. The second-order valence-corrected chi connectivity index (χ2v) is 5.36. The Morgan fingerprint density at radius 1 is 1.35 bits per heavy atom. The normalized spacial score (nSPS) is 15.8. The maximum atomic E-state index is 5.90. The van der Waals surface area contributed by atoms with Crippen LogP contribution < -0.4 is 5.73 Å². The van der Waals surface area contributed by atoms with Gasteiger partial charge in [0.2, 0.25) is 5.88 Å². The molecule has 2 aromatic rings. The minimum atomic E-state index is 0.421. The van der Waals surface area contributed by atoms with Gasteiger partial charge in [-0.2, -0.15) is 0 Å². The lowest BCUT2D eigenvalue weighted by atomic mass is 9.80. The highest BCUT2D eigenvalue weighted by Gasteiger charge is 2.28. The average molecular weight is 293 g/mol. The van der Waals surface area contributed by atoms with Gasteiger partial charge in [0.1, 0.15) is 0 Å². The number of rotatable bonds is 2. The predicted molar refractivity (Wildman–Crippen MR) is 70.6 cm³/mol. The molecule has 3 nitrogen and oxygen atoms in total. The van der Waals surface area contributed by atoms with Gasteiger partial charge in [0.05, 0.1) is 11.3 Å². The molecule has 1 aromatic carbocycles. The Hall–Kier alpha value is -1.29.